The summed E-state index contributed by atoms with van der Waals surface area (Å²) in [5, 5.41) is 7.80. The molecule has 1 aromatic heterocycles. The van der Waals surface area contributed by atoms with Gasteiger partial charge in [0.1, 0.15) is 5.76 Å². The number of nitrogens with one attached hydrogen (secondary N) is 1. The predicted octanol–water partition coefficient (Wildman–Crippen LogP) is 3.50. The Hall–Kier alpha value is -1.61. The molecule has 0 spiro atoms. The topological polar surface area (TPSA) is 38.1 Å². The summed E-state index contributed by atoms with van der Waals surface area (Å²) in [6, 6.07) is 9.61. The van der Waals surface area contributed by atoms with Crippen LogP contribution in [0.25, 0.3) is 0 Å². The number of aromatic nitrogens is 1. The molecule has 1 aliphatic rings. The Morgan fingerprint density at radius 1 is 1.25 bits per heavy atom. The van der Waals surface area contributed by atoms with E-state index in [1.807, 2.05) is 13.8 Å². The van der Waals surface area contributed by atoms with Gasteiger partial charge in [-0.15, -0.1) is 0 Å². The first-order valence-corrected chi connectivity index (χ1v) is 7.40. The van der Waals surface area contributed by atoms with Gasteiger partial charge < -0.3 is 9.84 Å². The molecule has 0 bridgehead atoms. The molecule has 106 valence electrons. The normalized spacial score (nSPS) is 19.6. The van der Waals surface area contributed by atoms with Crippen molar-refractivity contribution in [2.75, 3.05) is 0 Å². The molecule has 1 aliphatic carbocycles. The van der Waals surface area contributed by atoms with Crippen LogP contribution in [0.2, 0.25) is 0 Å². The molecular weight excluding hydrogens is 248 g/mol. The number of nitrogens with zero attached hydrogens (tertiary/aromatic N) is 1. The van der Waals surface area contributed by atoms with Gasteiger partial charge in [0.2, 0.25) is 0 Å². The van der Waals surface area contributed by atoms with E-state index in [9.17, 15) is 0 Å². The van der Waals surface area contributed by atoms with Crippen molar-refractivity contribution in [1.82, 2.24) is 10.5 Å². The molecule has 3 nitrogen and oxygen atoms in total. The van der Waals surface area contributed by atoms with Crippen molar-refractivity contribution in [2.45, 2.75) is 52.1 Å². The molecule has 1 heterocycles. The minimum absolute atomic E-state index is 0.288. The Balaban J connectivity index is 1.71. The van der Waals surface area contributed by atoms with Gasteiger partial charge in [0.15, 0.2) is 0 Å². The lowest BCUT2D eigenvalue weighted by Crippen LogP contribution is -2.36. The number of hydrogen-bond donors (Lipinski definition) is 1. The van der Waals surface area contributed by atoms with Gasteiger partial charge in [0, 0.05) is 17.6 Å². The van der Waals surface area contributed by atoms with Gasteiger partial charge in [0.25, 0.3) is 0 Å². The summed E-state index contributed by atoms with van der Waals surface area (Å²) in [7, 11) is 0. The van der Waals surface area contributed by atoms with E-state index in [1.165, 1.54) is 29.5 Å². The molecule has 2 unspecified atom stereocenters. The molecule has 2 aromatic rings. The molecule has 3 heteroatoms. The molecular formula is C17H22N2O. The first-order chi connectivity index (χ1) is 9.65. The van der Waals surface area contributed by atoms with E-state index < -0.39 is 0 Å². The summed E-state index contributed by atoms with van der Waals surface area (Å²) in [4.78, 5) is 0. The van der Waals surface area contributed by atoms with Crippen LogP contribution in [0.3, 0.4) is 0 Å². The Bertz CT molecular complexity index is 583. The van der Waals surface area contributed by atoms with Crippen LogP contribution < -0.4 is 5.32 Å². The molecule has 0 saturated heterocycles. The maximum atomic E-state index is 5.27. The number of benzene rings is 1. The molecule has 0 fully saturated rings. The van der Waals surface area contributed by atoms with Crippen LogP contribution >= 0.6 is 0 Å². The van der Waals surface area contributed by atoms with Crippen molar-refractivity contribution >= 4 is 0 Å². The van der Waals surface area contributed by atoms with Gasteiger partial charge in [-0.25, -0.2) is 0 Å². The van der Waals surface area contributed by atoms with Crippen molar-refractivity contribution in [2.24, 2.45) is 0 Å². The third-order valence-electron chi connectivity index (χ3n) is 4.35. The minimum Gasteiger partial charge on any atom is -0.361 e. The Morgan fingerprint density at radius 2 is 2.00 bits per heavy atom. The van der Waals surface area contributed by atoms with Crippen molar-refractivity contribution in [3.8, 4) is 0 Å². The smallest absolute Gasteiger partial charge is 0.138 e. The third-order valence-corrected chi connectivity index (χ3v) is 4.35. The molecule has 3 rings (SSSR count). The molecule has 0 radical (unpaired) electrons. The van der Waals surface area contributed by atoms with Gasteiger partial charge in [-0.1, -0.05) is 29.4 Å². The standard InChI is InChI=1S/C17H22N2O/c1-11(17-12(2)19-20-13(17)3)18-16-9-8-14-6-4-5-7-15(14)10-16/h4-7,11,16,18H,8-10H2,1-3H3. The summed E-state index contributed by atoms with van der Waals surface area (Å²) < 4.78 is 5.27. The first-order valence-electron chi connectivity index (χ1n) is 7.40. The van der Waals surface area contributed by atoms with Crippen LogP contribution in [0.15, 0.2) is 28.8 Å². The average molecular weight is 270 g/mol. The SMILES string of the molecule is Cc1noc(C)c1C(C)NC1CCc2ccccc2C1. The summed E-state index contributed by atoms with van der Waals surface area (Å²) >= 11 is 0. The minimum atomic E-state index is 0.288. The highest BCUT2D eigenvalue weighted by Gasteiger charge is 2.23. The molecule has 0 aliphatic heterocycles. The van der Waals surface area contributed by atoms with Crippen LogP contribution in [0.5, 0.6) is 0 Å². The third kappa shape index (κ3) is 2.50. The maximum Gasteiger partial charge on any atom is 0.138 e. The first kappa shape index (κ1) is 13.4. The average Bonchev–Trinajstić information content (AvgIpc) is 2.78. The summed E-state index contributed by atoms with van der Waals surface area (Å²) in [5.41, 5.74) is 5.21. The van der Waals surface area contributed by atoms with Crippen LogP contribution in [-0.4, -0.2) is 11.2 Å². The lowest BCUT2D eigenvalue weighted by atomic mass is 9.87. The zero-order chi connectivity index (χ0) is 14.1. The predicted molar refractivity (Wildman–Crippen MR) is 79.8 cm³/mol. The van der Waals surface area contributed by atoms with Crippen molar-refractivity contribution in [3.05, 3.63) is 52.4 Å². The lowest BCUT2D eigenvalue weighted by molar-refractivity contribution is 0.384. The highest BCUT2D eigenvalue weighted by Crippen LogP contribution is 2.25. The zero-order valence-electron chi connectivity index (χ0n) is 12.4. The van der Waals surface area contributed by atoms with Crippen LogP contribution in [0, 0.1) is 13.8 Å². The fourth-order valence-corrected chi connectivity index (χ4v) is 3.39. The van der Waals surface area contributed by atoms with Gasteiger partial charge in [-0.2, -0.15) is 0 Å². The van der Waals surface area contributed by atoms with Gasteiger partial charge in [-0.05, 0) is 51.2 Å². The van der Waals surface area contributed by atoms with Crippen molar-refractivity contribution in [3.63, 3.8) is 0 Å². The highest BCUT2D eigenvalue weighted by atomic mass is 16.5. The second-order valence-corrected chi connectivity index (χ2v) is 5.83. The lowest BCUT2D eigenvalue weighted by Gasteiger charge is -2.28. The number of rotatable bonds is 3. The van der Waals surface area contributed by atoms with Crippen molar-refractivity contribution in [1.29, 1.82) is 0 Å². The highest BCUT2D eigenvalue weighted by molar-refractivity contribution is 5.31. The fraction of sp³-hybridized carbons (Fsp3) is 0.471. The molecule has 2 atom stereocenters. The van der Waals surface area contributed by atoms with E-state index in [2.05, 4.69) is 41.7 Å². The zero-order valence-corrected chi connectivity index (χ0v) is 12.4. The number of hydrogen-bond acceptors (Lipinski definition) is 3. The van der Waals surface area contributed by atoms with Crippen molar-refractivity contribution < 1.29 is 4.52 Å². The molecule has 1 N–H and O–H groups in total. The van der Waals surface area contributed by atoms with E-state index in [-0.39, 0.29) is 6.04 Å². The quantitative estimate of drug-likeness (QED) is 0.927. The van der Waals surface area contributed by atoms with Crippen LogP contribution in [-0.2, 0) is 12.8 Å². The molecule has 0 saturated carbocycles. The second-order valence-electron chi connectivity index (χ2n) is 5.83. The van der Waals surface area contributed by atoms with E-state index in [4.69, 9.17) is 4.52 Å². The molecule has 0 amide bonds. The van der Waals surface area contributed by atoms with E-state index in [0.29, 0.717) is 6.04 Å². The molecule has 1 aromatic carbocycles. The summed E-state index contributed by atoms with van der Waals surface area (Å²) in [6.07, 6.45) is 3.48. The second kappa shape index (κ2) is 5.41. The van der Waals surface area contributed by atoms with E-state index in [0.717, 1.165) is 17.9 Å². The molecule has 20 heavy (non-hydrogen) atoms. The Morgan fingerprint density at radius 3 is 2.70 bits per heavy atom. The largest absolute Gasteiger partial charge is 0.361 e. The fourth-order valence-electron chi connectivity index (χ4n) is 3.39. The summed E-state index contributed by atoms with van der Waals surface area (Å²) in [6.45, 7) is 6.21. The monoisotopic (exact) mass is 270 g/mol. The van der Waals surface area contributed by atoms with Crippen LogP contribution in [0.1, 0.15) is 47.5 Å². The van der Waals surface area contributed by atoms with E-state index in [1.54, 1.807) is 0 Å². The van der Waals surface area contributed by atoms with Gasteiger partial charge in [-0.3, -0.25) is 0 Å². The Labute approximate surface area is 120 Å². The van der Waals surface area contributed by atoms with E-state index >= 15 is 0 Å². The number of fused-ring (bicyclic) bond motifs is 1. The number of aryl methyl sites for hydroxylation is 3. The maximum absolute atomic E-state index is 5.27. The summed E-state index contributed by atoms with van der Waals surface area (Å²) in [5.74, 6) is 0.929. The van der Waals surface area contributed by atoms with Crippen LogP contribution in [0.4, 0.5) is 0 Å². The van der Waals surface area contributed by atoms with Gasteiger partial charge in [0.05, 0.1) is 5.69 Å². The Kier molecular flexibility index (Phi) is 3.62. The van der Waals surface area contributed by atoms with Gasteiger partial charge >= 0.3 is 0 Å².